The van der Waals surface area contributed by atoms with Crippen molar-refractivity contribution in [2.75, 3.05) is 11.9 Å². The number of para-hydroxylation sites is 1. The summed E-state index contributed by atoms with van der Waals surface area (Å²) in [6.07, 6.45) is 5.02. The summed E-state index contributed by atoms with van der Waals surface area (Å²) in [4.78, 5) is 15.7. The third kappa shape index (κ3) is 6.05. The Morgan fingerprint density at radius 2 is 1.97 bits per heavy atom. The molecule has 3 aromatic rings. The van der Waals surface area contributed by atoms with Gasteiger partial charge < -0.3 is 15.2 Å². The maximum Gasteiger partial charge on any atom is 0.335 e. The van der Waals surface area contributed by atoms with E-state index in [2.05, 4.69) is 15.0 Å². The van der Waals surface area contributed by atoms with E-state index < -0.39 is 15.9 Å². The van der Waals surface area contributed by atoms with Crippen molar-refractivity contribution >= 4 is 21.6 Å². The zero-order chi connectivity index (χ0) is 23.0. The van der Waals surface area contributed by atoms with Crippen molar-refractivity contribution in [2.45, 2.75) is 31.2 Å². The number of pyridine rings is 1. The third-order valence-corrected chi connectivity index (χ3v) is 6.10. The van der Waals surface area contributed by atoms with Crippen molar-refractivity contribution in [3.63, 3.8) is 0 Å². The Morgan fingerprint density at radius 3 is 2.62 bits per heavy atom. The molecule has 0 bridgehead atoms. The normalized spacial score (nSPS) is 12.7. The summed E-state index contributed by atoms with van der Waals surface area (Å²) >= 11 is 0. The van der Waals surface area contributed by atoms with Gasteiger partial charge in [0.2, 0.25) is 0 Å². The van der Waals surface area contributed by atoms with Gasteiger partial charge in [0, 0.05) is 25.5 Å². The number of ether oxygens (including phenoxy) is 1. The topological polar surface area (TPSA) is 124 Å². The SMILES string of the molecule is CCCCNc1cc(C(=O)O)cc(S(=N)(=O)NCc2cccnc2)c1Oc1ccccc1. The second kappa shape index (κ2) is 10.7. The molecule has 8 nitrogen and oxygen atoms in total. The van der Waals surface area contributed by atoms with Gasteiger partial charge in [-0.05, 0) is 42.3 Å². The van der Waals surface area contributed by atoms with Crippen LogP contribution in [-0.4, -0.2) is 26.8 Å². The highest BCUT2D eigenvalue weighted by Crippen LogP contribution is 2.38. The second-order valence-electron chi connectivity index (χ2n) is 7.09. The number of unbranched alkanes of at least 4 members (excludes halogenated alkanes) is 1. The van der Waals surface area contributed by atoms with Gasteiger partial charge in [-0.15, -0.1) is 0 Å². The maximum atomic E-state index is 13.5. The molecule has 1 atom stereocenters. The predicted molar refractivity (Wildman–Crippen MR) is 124 cm³/mol. The van der Waals surface area contributed by atoms with E-state index in [0.29, 0.717) is 18.0 Å². The number of carbonyl (C=O) groups is 1. The molecule has 0 saturated heterocycles. The summed E-state index contributed by atoms with van der Waals surface area (Å²) in [5.74, 6) is -0.535. The molecule has 0 aliphatic carbocycles. The molecule has 168 valence electrons. The van der Waals surface area contributed by atoms with Gasteiger partial charge >= 0.3 is 5.97 Å². The number of carboxylic acids is 1. The molecule has 2 aromatic carbocycles. The molecule has 0 aliphatic rings. The van der Waals surface area contributed by atoms with E-state index >= 15 is 0 Å². The Bertz CT molecular complexity index is 1150. The molecule has 0 amide bonds. The first kappa shape index (κ1) is 23.2. The van der Waals surface area contributed by atoms with Gasteiger partial charge in [0.25, 0.3) is 0 Å². The van der Waals surface area contributed by atoms with Crippen molar-refractivity contribution < 1.29 is 18.8 Å². The van der Waals surface area contributed by atoms with Gasteiger partial charge in [-0.2, -0.15) is 0 Å². The van der Waals surface area contributed by atoms with Crippen molar-refractivity contribution in [3.8, 4) is 11.5 Å². The number of nitrogens with one attached hydrogen (secondary N) is 3. The molecule has 1 heterocycles. The fourth-order valence-corrected chi connectivity index (χ4v) is 4.18. The predicted octanol–water partition coefficient (Wildman–Crippen LogP) is 4.89. The standard InChI is InChI=1S/C23H26N4O4S/c1-2-3-12-26-20-13-18(23(28)29)14-21(22(20)31-19-9-5-4-6-10-19)32(24,30)27-16-17-8-7-11-25-15-17/h4-11,13-15,26H,2-3,12,16H2,1H3,(H,28,29)(H2,24,27,30). The van der Waals surface area contributed by atoms with Gasteiger partial charge in [-0.1, -0.05) is 37.6 Å². The molecular weight excluding hydrogens is 428 g/mol. The largest absolute Gasteiger partial charge is 0.478 e. The van der Waals surface area contributed by atoms with E-state index in [1.54, 1.807) is 48.8 Å². The first-order valence-corrected chi connectivity index (χ1v) is 11.8. The lowest BCUT2D eigenvalue weighted by molar-refractivity contribution is 0.0696. The van der Waals surface area contributed by atoms with Crippen LogP contribution in [0.2, 0.25) is 0 Å². The van der Waals surface area contributed by atoms with E-state index in [1.807, 2.05) is 13.0 Å². The zero-order valence-electron chi connectivity index (χ0n) is 17.7. The van der Waals surface area contributed by atoms with Crippen molar-refractivity contribution in [1.82, 2.24) is 9.71 Å². The Morgan fingerprint density at radius 1 is 1.19 bits per heavy atom. The Balaban J connectivity index is 2.06. The van der Waals surface area contributed by atoms with E-state index in [-0.39, 0.29) is 22.8 Å². The van der Waals surface area contributed by atoms with E-state index in [1.165, 1.54) is 12.1 Å². The third-order valence-electron chi connectivity index (χ3n) is 4.62. The monoisotopic (exact) mass is 454 g/mol. The smallest absolute Gasteiger partial charge is 0.335 e. The summed E-state index contributed by atoms with van der Waals surface area (Å²) in [6.45, 7) is 2.74. The minimum Gasteiger partial charge on any atom is -0.478 e. The van der Waals surface area contributed by atoms with Gasteiger partial charge in [0.05, 0.1) is 11.3 Å². The van der Waals surface area contributed by atoms with Crippen LogP contribution < -0.4 is 14.8 Å². The van der Waals surface area contributed by atoms with Gasteiger partial charge in [0.15, 0.2) is 5.75 Å². The second-order valence-corrected chi connectivity index (χ2v) is 8.93. The molecule has 0 fully saturated rings. The van der Waals surface area contributed by atoms with Crippen LogP contribution >= 0.6 is 0 Å². The first-order chi connectivity index (χ1) is 15.4. The summed E-state index contributed by atoms with van der Waals surface area (Å²) in [5, 5.41) is 12.8. The Labute approximate surface area is 187 Å². The molecule has 0 aliphatic heterocycles. The molecule has 4 N–H and O–H groups in total. The summed E-state index contributed by atoms with van der Waals surface area (Å²) < 4.78 is 30.8. The zero-order valence-corrected chi connectivity index (χ0v) is 18.5. The molecule has 32 heavy (non-hydrogen) atoms. The number of aromatic carboxylic acids is 1. The molecule has 1 aromatic heterocycles. The fraction of sp³-hybridized carbons (Fsp3) is 0.217. The quantitative estimate of drug-likeness (QED) is 0.306. The highest BCUT2D eigenvalue weighted by molar-refractivity contribution is 7.90. The van der Waals surface area contributed by atoms with Gasteiger partial charge in [-0.3, -0.25) is 4.98 Å². The average Bonchev–Trinajstić information content (AvgIpc) is 2.80. The number of carboxylic acid groups (broad SMARTS) is 1. The van der Waals surface area contributed by atoms with Crippen molar-refractivity contribution in [1.29, 1.82) is 4.78 Å². The minimum atomic E-state index is -3.62. The number of rotatable bonds is 11. The fourth-order valence-electron chi connectivity index (χ4n) is 2.95. The van der Waals surface area contributed by atoms with Gasteiger partial charge in [0.1, 0.15) is 20.6 Å². The van der Waals surface area contributed by atoms with Crippen LogP contribution in [0.1, 0.15) is 35.7 Å². The van der Waals surface area contributed by atoms with Crippen LogP contribution in [0.5, 0.6) is 11.5 Å². The number of anilines is 1. The highest BCUT2D eigenvalue weighted by atomic mass is 32.2. The number of hydrogen-bond donors (Lipinski definition) is 4. The Kier molecular flexibility index (Phi) is 7.80. The van der Waals surface area contributed by atoms with E-state index in [9.17, 15) is 14.1 Å². The molecule has 9 heteroatoms. The summed E-state index contributed by atoms with van der Waals surface area (Å²) in [7, 11) is -3.62. The van der Waals surface area contributed by atoms with Crippen molar-refractivity contribution in [3.05, 3.63) is 78.1 Å². The molecule has 0 spiro atoms. The highest BCUT2D eigenvalue weighted by Gasteiger charge is 2.23. The molecular formula is C23H26N4O4S. The maximum absolute atomic E-state index is 13.5. The van der Waals surface area contributed by atoms with E-state index in [0.717, 1.165) is 18.4 Å². The van der Waals surface area contributed by atoms with Gasteiger partial charge in [-0.25, -0.2) is 18.5 Å². The molecule has 0 saturated carbocycles. The lowest BCUT2D eigenvalue weighted by Crippen LogP contribution is -2.23. The first-order valence-electron chi connectivity index (χ1n) is 10.2. The van der Waals surface area contributed by atoms with Crippen LogP contribution in [0.3, 0.4) is 0 Å². The number of benzene rings is 2. The van der Waals surface area contributed by atoms with E-state index in [4.69, 9.17) is 9.52 Å². The summed E-state index contributed by atoms with van der Waals surface area (Å²) in [6, 6.07) is 15.1. The van der Waals surface area contributed by atoms with Crippen LogP contribution in [0, 0.1) is 4.78 Å². The lowest BCUT2D eigenvalue weighted by atomic mass is 10.1. The molecule has 3 rings (SSSR count). The number of hydrogen-bond acceptors (Lipinski definition) is 6. The van der Waals surface area contributed by atoms with Crippen LogP contribution in [0.25, 0.3) is 0 Å². The average molecular weight is 455 g/mol. The lowest BCUT2D eigenvalue weighted by Gasteiger charge is -2.20. The van der Waals surface area contributed by atoms with Crippen molar-refractivity contribution in [2.24, 2.45) is 0 Å². The molecule has 1 unspecified atom stereocenters. The summed E-state index contributed by atoms with van der Waals surface area (Å²) in [5.41, 5.74) is 1.04. The van der Waals surface area contributed by atoms with Crippen LogP contribution in [-0.2, 0) is 16.5 Å². The Hall–Kier alpha value is -3.43. The number of aromatic nitrogens is 1. The minimum absolute atomic E-state index is 0.0378. The molecule has 0 radical (unpaired) electrons. The van der Waals surface area contributed by atoms with Crippen LogP contribution in [0.4, 0.5) is 5.69 Å². The number of nitrogens with zero attached hydrogens (tertiary/aromatic N) is 1. The van der Waals surface area contributed by atoms with Crippen LogP contribution in [0.15, 0.2) is 71.9 Å².